The maximum atomic E-state index is 5.40. The van der Waals surface area contributed by atoms with Crippen LogP contribution in [0.25, 0.3) is 0 Å². The number of hydrogen-bond acceptors (Lipinski definition) is 2. The van der Waals surface area contributed by atoms with Crippen LogP contribution in [0, 0.1) is 20.8 Å². The lowest BCUT2D eigenvalue weighted by Gasteiger charge is -2.24. The van der Waals surface area contributed by atoms with E-state index < -0.39 is 0 Å². The van der Waals surface area contributed by atoms with Gasteiger partial charge in [-0.2, -0.15) is 0 Å². The SMILES string of the molecule is CN=C(NCCc1c(C)cc(C)cc1C)NCC(C)(C)OC.I. The van der Waals surface area contributed by atoms with Crippen LogP contribution in [0.15, 0.2) is 17.1 Å². The minimum Gasteiger partial charge on any atom is -0.377 e. The molecule has 23 heavy (non-hydrogen) atoms. The molecule has 0 bridgehead atoms. The molecule has 1 rings (SSSR count). The standard InChI is InChI=1S/C18H31N3O.HI/c1-13-10-14(2)16(15(3)11-13)8-9-20-17(19-6)21-12-18(4,5)22-7;/h10-11H,8-9,12H2,1-7H3,(H2,19,20,21);1H. The van der Waals surface area contributed by atoms with Gasteiger partial charge < -0.3 is 15.4 Å². The third kappa shape index (κ3) is 7.52. The second-order valence-electron chi connectivity index (χ2n) is 6.44. The quantitative estimate of drug-likeness (QED) is 0.411. The first kappa shape index (κ1) is 22.2. The summed E-state index contributed by atoms with van der Waals surface area (Å²) in [6, 6.07) is 4.49. The highest BCUT2D eigenvalue weighted by Crippen LogP contribution is 2.16. The molecule has 0 saturated heterocycles. The molecule has 2 N–H and O–H groups in total. The average molecular weight is 433 g/mol. The normalized spacial score (nSPS) is 11.9. The molecule has 0 aliphatic rings. The summed E-state index contributed by atoms with van der Waals surface area (Å²) in [6.07, 6.45) is 0.992. The Hall–Kier alpha value is -0.820. The van der Waals surface area contributed by atoms with Gasteiger partial charge in [0.15, 0.2) is 5.96 Å². The number of halogens is 1. The molecule has 0 aliphatic heterocycles. The molecule has 0 aliphatic carbocycles. The fourth-order valence-corrected chi connectivity index (χ4v) is 2.50. The van der Waals surface area contributed by atoms with Crippen LogP contribution in [-0.2, 0) is 11.2 Å². The van der Waals surface area contributed by atoms with Crippen molar-refractivity contribution in [1.82, 2.24) is 10.6 Å². The Morgan fingerprint density at radius 1 is 1.13 bits per heavy atom. The van der Waals surface area contributed by atoms with Crippen molar-refractivity contribution in [2.45, 2.75) is 46.6 Å². The zero-order valence-electron chi connectivity index (χ0n) is 15.5. The van der Waals surface area contributed by atoms with E-state index in [4.69, 9.17) is 4.74 Å². The Bertz CT molecular complexity index is 504. The number of benzene rings is 1. The number of nitrogens with one attached hydrogen (secondary N) is 2. The number of nitrogens with zero attached hydrogens (tertiary/aromatic N) is 1. The molecular weight excluding hydrogens is 401 g/mol. The van der Waals surface area contributed by atoms with Gasteiger partial charge in [-0.3, -0.25) is 4.99 Å². The summed E-state index contributed by atoms with van der Waals surface area (Å²) in [4.78, 5) is 4.25. The summed E-state index contributed by atoms with van der Waals surface area (Å²) >= 11 is 0. The number of methoxy groups -OCH3 is 1. The largest absolute Gasteiger partial charge is 0.377 e. The first-order chi connectivity index (χ1) is 10.3. The lowest BCUT2D eigenvalue weighted by molar-refractivity contribution is 0.0268. The summed E-state index contributed by atoms with van der Waals surface area (Å²) in [5, 5.41) is 6.67. The van der Waals surface area contributed by atoms with Gasteiger partial charge in [0.2, 0.25) is 0 Å². The molecule has 0 aromatic heterocycles. The van der Waals surface area contributed by atoms with Crippen LogP contribution in [0.5, 0.6) is 0 Å². The lowest BCUT2D eigenvalue weighted by Crippen LogP contribution is -2.45. The minimum absolute atomic E-state index is 0. The van der Waals surface area contributed by atoms with Gasteiger partial charge in [0.1, 0.15) is 0 Å². The van der Waals surface area contributed by atoms with Crippen molar-refractivity contribution in [3.05, 3.63) is 34.4 Å². The van der Waals surface area contributed by atoms with E-state index in [1.54, 1.807) is 14.2 Å². The van der Waals surface area contributed by atoms with Crippen molar-refractivity contribution in [2.75, 3.05) is 27.2 Å². The first-order valence-corrected chi connectivity index (χ1v) is 7.85. The van der Waals surface area contributed by atoms with Gasteiger partial charge in [-0.05, 0) is 57.7 Å². The lowest BCUT2D eigenvalue weighted by atomic mass is 9.97. The van der Waals surface area contributed by atoms with Crippen LogP contribution in [0.2, 0.25) is 0 Å². The number of aryl methyl sites for hydroxylation is 3. The van der Waals surface area contributed by atoms with E-state index in [0.717, 1.165) is 18.9 Å². The second kappa shape index (κ2) is 10.1. The fourth-order valence-electron chi connectivity index (χ4n) is 2.50. The van der Waals surface area contributed by atoms with E-state index in [1.165, 1.54) is 22.3 Å². The van der Waals surface area contributed by atoms with Crippen molar-refractivity contribution >= 4 is 29.9 Å². The summed E-state index contributed by atoms with van der Waals surface area (Å²) in [5.41, 5.74) is 5.27. The number of guanidine groups is 1. The Morgan fingerprint density at radius 2 is 1.70 bits per heavy atom. The van der Waals surface area contributed by atoms with Gasteiger partial charge in [0, 0.05) is 27.2 Å². The molecule has 0 radical (unpaired) electrons. The van der Waals surface area contributed by atoms with E-state index in [0.29, 0.717) is 6.54 Å². The Morgan fingerprint density at radius 3 is 2.17 bits per heavy atom. The smallest absolute Gasteiger partial charge is 0.191 e. The van der Waals surface area contributed by atoms with E-state index in [-0.39, 0.29) is 29.6 Å². The second-order valence-corrected chi connectivity index (χ2v) is 6.44. The molecule has 5 heteroatoms. The highest BCUT2D eigenvalue weighted by atomic mass is 127. The van der Waals surface area contributed by atoms with Crippen LogP contribution < -0.4 is 10.6 Å². The molecule has 0 heterocycles. The number of ether oxygens (including phenoxy) is 1. The molecule has 0 amide bonds. The van der Waals surface area contributed by atoms with E-state index in [1.807, 2.05) is 13.8 Å². The van der Waals surface area contributed by atoms with Gasteiger partial charge >= 0.3 is 0 Å². The van der Waals surface area contributed by atoms with Crippen LogP contribution in [0.3, 0.4) is 0 Å². The van der Waals surface area contributed by atoms with Crippen molar-refractivity contribution in [2.24, 2.45) is 4.99 Å². The minimum atomic E-state index is -0.207. The predicted octanol–water partition coefficient (Wildman–Crippen LogP) is 3.36. The van der Waals surface area contributed by atoms with Gasteiger partial charge in [0.25, 0.3) is 0 Å². The summed E-state index contributed by atoms with van der Waals surface area (Å²) in [5.74, 6) is 0.813. The maximum absolute atomic E-state index is 5.40. The zero-order chi connectivity index (χ0) is 16.8. The monoisotopic (exact) mass is 433 g/mol. The first-order valence-electron chi connectivity index (χ1n) is 7.85. The molecule has 1 aromatic rings. The van der Waals surface area contributed by atoms with Gasteiger partial charge in [-0.1, -0.05) is 17.7 Å². The Balaban J connectivity index is 0.00000484. The highest BCUT2D eigenvalue weighted by molar-refractivity contribution is 14.0. The Kier molecular flexibility index (Phi) is 9.77. The van der Waals surface area contributed by atoms with Crippen molar-refractivity contribution < 1.29 is 4.74 Å². The third-order valence-electron chi connectivity index (χ3n) is 3.97. The molecule has 0 atom stereocenters. The van der Waals surface area contributed by atoms with Crippen LogP contribution >= 0.6 is 24.0 Å². The Labute approximate surface area is 158 Å². The van der Waals surface area contributed by atoms with E-state index in [9.17, 15) is 0 Å². The van der Waals surface area contributed by atoms with Crippen LogP contribution in [0.4, 0.5) is 0 Å². The van der Waals surface area contributed by atoms with Gasteiger partial charge in [0.05, 0.1) is 5.60 Å². The topological polar surface area (TPSA) is 45.7 Å². The number of hydrogen-bond donors (Lipinski definition) is 2. The molecule has 4 nitrogen and oxygen atoms in total. The van der Waals surface area contributed by atoms with Crippen LogP contribution in [-0.4, -0.2) is 38.8 Å². The molecule has 0 spiro atoms. The molecule has 0 fully saturated rings. The number of rotatable bonds is 6. The third-order valence-corrected chi connectivity index (χ3v) is 3.97. The molecule has 0 saturated carbocycles. The summed E-state index contributed by atoms with van der Waals surface area (Å²) in [6.45, 7) is 12.2. The van der Waals surface area contributed by atoms with Crippen molar-refractivity contribution in [3.8, 4) is 0 Å². The molecule has 132 valence electrons. The molecular formula is C18H32IN3O. The van der Waals surface area contributed by atoms with E-state index >= 15 is 0 Å². The maximum Gasteiger partial charge on any atom is 0.191 e. The van der Waals surface area contributed by atoms with E-state index in [2.05, 4.69) is 48.5 Å². The summed E-state index contributed by atoms with van der Waals surface area (Å²) < 4.78 is 5.40. The van der Waals surface area contributed by atoms with Crippen LogP contribution in [0.1, 0.15) is 36.1 Å². The van der Waals surface area contributed by atoms with Crippen molar-refractivity contribution in [1.29, 1.82) is 0 Å². The highest BCUT2D eigenvalue weighted by Gasteiger charge is 2.16. The summed E-state index contributed by atoms with van der Waals surface area (Å²) in [7, 11) is 3.51. The zero-order valence-corrected chi connectivity index (χ0v) is 17.9. The average Bonchev–Trinajstić information content (AvgIpc) is 2.44. The fraction of sp³-hybridized carbons (Fsp3) is 0.611. The predicted molar refractivity (Wildman–Crippen MR) is 110 cm³/mol. The van der Waals surface area contributed by atoms with Gasteiger partial charge in [-0.25, -0.2) is 0 Å². The van der Waals surface area contributed by atoms with Crippen molar-refractivity contribution in [3.63, 3.8) is 0 Å². The molecule has 1 aromatic carbocycles. The molecule has 0 unspecified atom stereocenters. The van der Waals surface area contributed by atoms with Gasteiger partial charge in [-0.15, -0.1) is 24.0 Å². The number of aliphatic imine (C=N–C) groups is 1.